The maximum atomic E-state index is 3.70. The zero-order chi connectivity index (χ0) is 9.65. The molecule has 74 valence electrons. The highest BCUT2D eigenvalue weighted by Crippen LogP contribution is 2.55. The number of rotatable bonds is 1. The van der Waals surface area contributed by atoms with Gasteiger partial charge in [-0.3, -0.25) is 0 Å². The van der Waals surface area contributed by atoms with Crippen molar-refractivity contribution in [3.8, 4) is 0 Å². The molecule has 0 bridgehead atoms. The first-order valence-corrected chi connectivity index (χ1v) is 5.57. The quantitative estimate of drug-likeness (QED) is 0.712. The summed E-state index contributed by atoms with van der Waals surface area (Å²) in [4.78, 5) is 0. The van der Waals surface area contributed by atoms with E-state index in [1.807, 2.05) is 0 Å². The molecule has 0 amide bonds. The molecule has 0 radical (unpaired) electrons. The predicted octanol–water partition coefficient (Wildman–Crippen LogP) is 2.47. The van der Waals surface area contributed by atoms with Crippen LogP contribution in [0.15, 0.2) is 30.3 Å². The summed E-state index contributed by atoms with van der Waals surface area (Å²) >= 11 is 0. The number of nitrogens with one attached hydrogen (secondary N) is 1. The first kappa shape index (κ1) is 8.49. The summed E-state index contributed by atoms with van der Waals surface area (Å²) in [6, 6.07) is 11.0. The smallest absolute Gasteiger partial charge is 0.0277 e. The molecule has 1 aliphatic heterocycles. The second-order valence-corrected chi connectivity index (χ2v) is 4.96. The lowest BCUT2D eigenvalue weighted by Crippen LogP contribution is -2.40. The standard InChI is InChI=1S/C13H17N/c1-12(11-5-3-2-4-6-11)9-10-14-13(12)7-8-13/h2-6,14H,7-10H2,1H3. The van der Waals surface area contributed by atoms with Gasteiger partial charge < -0.3 is 5.32 Å². The van der Waals surface area contributed by atoms with Crippen LogP contribution in [-0.4, -0.2) is 12.1 Å². The van der Waals surface area contributed by atoms with E-state index in [9.17, 15) is 0 Å². The lowest BCUT2D eigenvalue weighted by molar-refractivity contribution is 0.384. The van der Waals surface area contributed by atoms with E-state index in [0.29, 0.717) is 11.0 Å². The minimum atomic E-state index is 0.383. The van der Waals surface area contributed by atoms with E-state index in [2.05, 4.69) is 42.6 Å². The number of benzene rings is 1. The summed E-state index contributed by atoms with van der Waals surface area (Å²) in [5.41, 5.74) is 2.35. The minimum Gasteiger partial charge on any atom is -0.310 e. The van der Waals surface area contributed by atoms with Crippen molar-refractivity contribution in [2.24, 2.45) is 0 Å². The van der Waals surface area contributed by atoms with Gasteiger partial charge in [0, 0.05) is 11.0 Å². The Hall–Kier alpha value is -0.820. The summed E-state index contributed by atoms with van der Waals surface area (Å²) in [5.74, 6) is 0. The van der Waals surface area contributed by atoms with E-state index in [4.69, 9.17) is 0 Å². The van der Waals surface area contributed by atoms with Gasteiger partial charge in [-0.1, -0.05) is 37.3 Å². The van der Waals surface area contributed by atoms with E-state index in [-0.39, 0.29) is 0 Å². The first-order chi connectivity index (χ1) is 6.77. The van der Waals surface area contributed by atoms with Crippen LogP contribution in [-0.2, 0) is 5.41 Å². The molecule has 2 aliphatic rings. The fraction of sp³-hybridized carbons (Fsp3) is 0.538. The molecular formula is C13H17N. The van der Waals surface area contributed by atoms with E-state index < -0.39 is 0 Å². The Bertz CT molecular complexity index is 340. The van der Waals surface area contributed by atoms with Crippen LogP contribution in [0, 0.1) is 0 Å². The zero-order valence-electron chi connectivity index (χ0n) is 8.72. The fourth-order valence-electron chi connectivity index (χ4n) is 3.07. The van der Waals surface area contributed by atoms with Crippen LogP contribution in [0.4, 0.5) is 0 Å². The van der Waals surface area contributed by atoms with Crippen molar-refractivity contribution in [2.75, 3.05) is 6.54 Å². The van der Waals surface area contributed by atoms with E-state index >= 15 is 0 Å². The third-order valence-electron chi connectivity index (χ3n) is 4.31. The van der Waals surface area contributed by atoms with Crippen LogP contribution >= 0.6 is 0 Å². The average Bonchev–Trinajstić information content (AvgIpc) is 2.92. The third kappa shape index (κ3) is 0.936. The summed E-state index contributed by atoms with van der Waals surface area (Å²) in [6.07, 6.45) is 4.01. The normalized spacial score (nSPS) is 33.5. The summed E-state index contributed by atoms with van der Waals surface area (Å²) in [7, 11) is 0. The van der Waals surface area contributed by atoms with Crippen molar-refractivity contribution in [1.29, 1.82) is 0 Å². The van der Waals surface area contributed by atoms with Gasteiger partial charge in [0.15, 0.2) is 0 Å². The minimum absolute atomic E-state index is 0.383. The second-order valence-electron chi connectivity index (χ2n) is 4.96. The Labute approximate surface area is 85.5 Å². The molecule has 1 aromatic rings. The first-order valence-electron chi connectivity index (χ1n) is 5.57. The lowest BCUT2D eigenvalue weighted by Gasteiger charge is -2.32. The third-order valence-corrected chi connectivity index (χ3v) is 4.31. The molecule has 14 heavy (non-hydrogen) atoms. The Morgan fingerprint density at radius 1 is 1.07 bits per heavy atom. The zero-order valence-corrected chi connectivity index (χ0v) is 8.72. The molecule has 1 heterocycles. The van der Waals surface area contributed by atoms with E-state index in [1.54, 1.807) is 0 Å². The van der Waals surface area contributed by atoms with Gasteiger partial charge in [-0.05, 0) is 31.4 Å². The molecular weight excluding hydrogens is 170 g/mol. The van der Waals surface area contributed by atoms with Gasteiger partial charge >= 0.3 is 0 Å². The van der Waals surface area contributed by atoms with Crippen LogP contribution in [0.2, 0.25) is 0 Å². The van der Waals surface area contributed by atoms with Crippen molar-refractivity contribution in [3.05, 3.63) is 35.9 Å². The summed E-state index contributed by atoms with van der Waals surface area (Å²) in [6.45, 7) is 3.61. The van der Waals surface area contributed by atoms with Gasteiger partial charge in [0.05, 0.1) is 0 Å². The molecule has 1 saturated carbocycles. The highest BCUT2D eigenvalue weighted by molar-refractivity contribution is 5.36. The van der Waals surface area contributed by atoms with E-state index in [0.717, 1.165) is 0 Å². The molecule has 1 nitrogen and oxygen atoms in total. The Morgan fingerprint density at radius 3 is 2.43 bits per heavy atom. The van der Waals surface area contributed by atoms with Gasteiger partial charge in [-0.15, -0.1) is 0 Å². The van der Waals surface area contributed by atoms with Crippen LogP contribution in [0.5, 0.6) is 0 Å². The van der Waals surface area contributed by atoms with Crippen LogP contribution in [0.1, 0.15) is 31.7 Å². The van der Waals surface area contributed by atoms with E-state index in [1.165, 1.54) is 31.4 Å². The Morgan fingerprint density at radius 2 is 1.79 bits per heavy atom. The largest absolute Gasteiger partial charge is 0.310 e. The molecule has 1 aliphatic carbocycles. The van der Waals surface area contributed by atoms with Crippen molar-refractivity contribution in [1.82, 2.24) is 5.32 Å². The maximum Gasteiger partial charge on any atom is 0.0277 e. The van der Waals surface area contributed by atoms with Crippen molar-refractivity contribution < 1.29 is 0 Å². The summed E-state index contributed by atoms with van der Waals surface area (Å²) < 4.78 is 0. The molecule has 1 aromatic carbocycles. The second kappa shape index (κ2) is 2.60. The Balaban J connectivity index is 2.04. The fourth-order valence-corrected chi connectivity index (χ4v) is 3.07. The molecule has 1 unspecified atom stereocenters. The molecule has 1 N–H and O–H groups in total. The molecule has 1 saturated heterocycles. The monoisotopic (exact) mass is 187 g/mol. The SMILES string of the molecule is CC1(c2ccccc2)CCNC12CC2. The van der Waals surface area contributed by atoms with Gasteiger partial charge in [0.1, 0.15) is 0 Å². The topological polar surface area (TPSA) is 12.0 Å². The highest BCUT2D eigenvalue weighted by Gasteiger charge is 2.59. The highest BCUT2D eigenvalue weighted by atomic mass is 15.1. The average molecular weight is 187 g/mol. The van der Waals surface area contributed by atoms with Crippen molar-refractivity contribution >= 4 is 0 Å². The van der Waals surface area contributed by atoms with Gasteiger partial charge in [0.2, 0.25) is 0 Å². The van der Waals surface area contributed by atoms with Gasteiger partial charge in [0.25, 0.3) is 0 Å². The molecule has 1 heteroatoms. The molecule has 3 rings (SSSR count). The van der Waals surface area contributed by atoms with Crippen molar-refractivity contribution in [2.45, 2.75) is 37.1 Å². The molecule has 2 fully saturated rings. The summed E-state index contributed by atoms with van der Waals surface area (Å²) in [5, 5.41) is 3.70. The van der Waals surface area contributed by atoms with Crippen LogP contribution < -0.4 is 5.32 Å². The van der Waals surface area contributed by atoms with Gasteiger partial charge in [-0.2, -0.15) is 0 Å². The Kier molecular flexibility index (Phi) is 1.58. The lowest BCUT2D eigenvalue weighted by atomic mass is 9.74. The maximum absolute atomic E-state index is 3.70. The molecule has 1 spiro atoms. The number of hydrogen-bond acceptors (Lipinski definition) is 1. The van der Waals surface area contributed by atoms with Crippen molar-refractivity contribution in [3.63, 3.8) is 0 Å². The predicted molar refractivity (Wildman–Crippen MR) is 58.4 cm³/mol. The molecule has 0 aromatic heterocycles. The van der Waals surface area contributed by atoms with Crippen LogP contribution in [0.25, 0.3) is 0 Å². The molecule has 1 atom stereocenters. The van der Waals surface area contributed by atoms with Crippen LogP contribution in [0.3, 0.4) is 0 Å². The number of hydrogen-bond donors (Lipinski definition) is 1. The van der Waals surface area contributed by atoms with Gasteiger partial charge in [-0.25, -0.2) is 0 Å².